The lowest BCUT2D eigenvalue weighted by Crippen LogP contribution is -2.47. The van der Waals surface area contributed by atoms with Gasteiger partial charge in [-0.3, -0.25) is 9.47 Å². The molecule has 2 bridgehead atoms. The maximum Gasteiger partial charge on any atom is 0.414 e. The fourth-order valence-corrected chi connectivity index (χ4v) is 6.11. The summed E-state index contributed by atoms with van der Waals surface area (Å²) in [6, 6.07) is 15.9. The SMILES string of the molecule is CCn1c(C)nc(=O)n(CCCN2C3CCC2CC(OCc2c(F)cccc2-c2ccccc2)C3)c1=O.O=C(O)C(=O)O. The molecular weight excluding hydrogens is 559 g/mol. The van der Waals surface area contributed by atoms with Gasteiger partial charge in [-0.05, 0) is 63.1 Å². The molecular formula is C31H37FN4O7. The normalized spacial score (nSPS) is 19.5. The van der Waals surface area contributed by atoms with Crippen LogP contribution in [-0.2, 0) is 34.0 Å². The first kappa shape index (κ1) is 31.8. The van der Waals surface area contributed by atoms with Crippen LogP contribution in [0.5, 0.6) is 0 Å². The zero-order valence-corrected chi connectivity index (χ0v) is 24.3. The molecule has 3 heterocycles. The molecule has 2 aromatic carbocycles. The van der Waals surface area contributed by atoms with Crippen LogP contribution < -0.4 is 11.4 Å². The summed E-state index contributed by atoms with van der Waals surface area (Å²) < 4.78 is 23.9. The Hall–Kier alpha value is -4.16. The highest BCUT2D eigenvalue weighted by Crippen LogP contribution is 2.37. The average molecular weight is 597 g/mol. The van der Waals surface area contributed by atoms with Gasteiger partial charge in [-0.1, -0.05) is 42.5 Å². The van der Waals surface area contributed by atoms with Gasteiger partial charge in [0, 0.05) is 37.3 Å². The van der Waals surface area contributed by atoms with Crippen molar-refractivity contribution in [3.8, 4) is 11.1 Å². The van der Waals surface area contributed by atoms with E-state index in [0.717, 1.165) is 49.8 Å². The van der Waals surface area contributed by atoms with Crippen LogP contribution >= 0.6 is 0 Å². The van der Waals surface area contributed by atoms with Gasteiger partial charge in [-0.25, -0.2) is 28.1 Å². The third kappa shape index (κ3) is 7.63. The number of benzene rings is 2. The second-order valence-electron chi connectivity index (χ2n) is 10.7. The summed E-state index contributed by atoms with van der Waals surface area (Å²) in [6.07, 6.45) is 4.89. The number of halogens is 1. The molecule has 2 atom stereocenters. The first-order valence-electron chi connectivity index (χ1n) is 14.4. The molecule has 43 heavy (non-hydrogen) atoms. The van der Waals surface area contributed by atoms with Gasteiger partial charge in [-0.15, -0.1) is 0 Å². The van der Waals surface area contributed by atoms with E-state index in [1.54, 1.807) is 13.0 Å². The van der Waals surface area contributed by atoms with E-state index in [-0.39, 0.29) is 24.2 Å². The topological polar surface area (TPSA) is 144 Å². The molecule has 1 aromatic heterocycles. The monoisotopic (exact) mass is 596 g/mol. The van der Waals surface area contributed by atoms with Crippen LogP contribution in [0.4, 0.5) is 4.39 Å². The third-order valence-electron chi connectivity index (χ3n) is 8.15. The van der Waals surface area contributed by atoms with Crippen molar-refractivity contribution in [1.82, 2.24) is 19.0 Å². The zero-order chi connectivity index (χ0) is 31.1. The molecule has 2 aliphatic heterocycles. The molecule has 12 heteroatoms. The van der Waals surface area contributed by atoms with E-state index >= 15 is 0 Å². The van der Waals surface area contributed by atoms with Gasteiger partial charge in [0.05, 0.1) is 12.7 Å². The van der Waals surface area contributed by atoms with E-state index in [4.69, 9.17) is 24.5 Å². The Morgan fingerprint density at radius 3 is 2.21 bits per heavy atom. The molecule has 230 valence electrons. The predicted molar refractivity (Wildman–Crippen MR) is 156 cm³/mol. The molecule has 0 amide bonds. The molecule has 2 unspecified atom stereocenters. The van der Waals surface area contributed by atoms with E-state index < -0.39 is 17.6 Å². The lowest BCUT2D eigenvalue weighted by Gasteiger charge is -2.39. The number of carboxylic acid groups (broad SMARTS) is 2. The Labute approximate surface area is 248 Å². The predicted octanol–water partition coefficient (Wildman–Crippen LogP) is 3.30. The standard InChI is InChI=1S/C29H35FN4O3.C2H2O4/c1-3-32-20(2)31-28(35)34(29(32)36)16-8-15-33-22-13-14-23(33)18-24(17-22)37-19-26-25(11-7-12-27(26)30)21-9-5-4-6-10-21;3-1(4)2(5)6/h4-7,9-12,22-24H,3,8,13-19H2,1-2H3;(H,3,4)(H,5,6). The highest BCUT2D eigenvalue weighted by atomic mass is 19.1. The summed E-state index contributed by atoms with van der Waals surface area (Å²) in [7, 11) is 0. The molecule has 2 fully saturated rings. The second-order valence-corrected chi connectivity index (χ2v) is 10.7. The summed E-state index contributed by atoms with van der Waals surface area (Å²) >= 11 is 0. The van der Waals surface area contributed by atoms with Crippen LogP contribution in [0.3, 0.4) is 0 Å². The van der Waals surface area contributed by atoms with Crippen molar-refractivity contribution in [2.45, 2.75) is 83.8 Å². The lowest BCUT2D eigenvalue weighted by atomic mass is 9.98. The summed E-state index contributed by atoms with van der Waals surface area (Å²) in [5.41, 5.74) is 1.73. The number of carbonyl (C=O) groups is 2. The quantitative estimate of drug-likeness (QED) is 0.356. The number of piperidine rings is 1. The number of nitrogens with zero attached hydrogens (tertiary/aromatic N) is 4. The van der Waals surface area contributed by atoms with Crippen molar-refractivity contribution in [2.24, 2.45) is 0 Å². The van der Waals surface area contributed by atoms with Gasteiger partial charge in [0.2, 0.25) is 0 Å². The van der Waals surface area contributed by atoms with Crippen molar-refractivity contribution >= 4 is 11.9 Å². The molecule has 0 spiro atoms. The number of hydrogen-bond acceptors (Lipinski definition) is 7. The highest BCUT2D eigenvalue weighted by Gasteiger charge is 2.40. The Morgan fingerprint density at radius 1 is 0.953 bits per heavy atom. The highest BCUT2D eigenvalue weighted by molar-refractivity contribution is 6.27. The summed E-state index contributed by atoms with van der Waals surface area (Å²) in [4.78, 5) is 49.7. The van der Waals surface area contributed by atoms with Gasteiger partial charge >= 0.3 is 23.3 Å². The van der Waals surface area contributed by atoms with Gasteiger partial charge in [0.25, 0.3) is 0 Å². The van der Waals surface area contributed by atoms with E-state index in [2.05, 4.69) is 9.88 Å². The molecule has 2 aliphatic rings. The maximum absolute atomic E-state index is 14.8. The van der Waals surface area contributed by atoms with Crippen molar-refractivity contribution < 1.29 is 28.9 Å². The van der Waals surface area contributed by atoms with E-state index in [1.807, 2.05) is 43.3 Å². The number of hydrogen-bond donors (Lipinski definition) is 2. The first-order valence-corrected chi connectivity index (χ1v) is 14.4. The minimum Gasteiger partial charge on any atom is -0.473 e. The summed E-state index contributed by atoms with van der Waals surface area (Å²) in [5, 5.41) is 14.8. The number of aliphatic carboxylic acids is 2. The van der Waals surface area contributed by atoms with Gasteiger partial charge in [0.15, 0.2) is 0 Å². The van der Waals surface area contributed by atoms with Crippen LogP contribution in [-0.4, -0.2) is 65.9 Å². The number of aryl methyl sites for hydroxylation is 1. The molecule has 11 nitrogen and oxygen atoms in total. The molecule has 5 rings (SSSR count). The second kappa shape index (κ2) is 14.3. The summed E-state index contributed by atoms with van der Waals surface area (Å²) in [5.74, 6) is -3.42. The Kier molecular flexibility index (Phi) is 10.6. The number of carboxylic acids is 2. The molecule has 0 saturated carbocycles. The van der Waals surface area contributed by atoms with Crippen LogP contribution in [0.1, 0.15) is 50.4 Å². The van der Waals surface area contributed by atoms with E-state index in [1.165, 1.54) is 15.2 Å². The van der Waals surface area contributed by atoms with Crippen LogP contribution in [0, 0.1) is 12.7 Å². The van der Waals surface area contributed by atoms with Gasteiger partial charge in [0.1, 0.15) is 11.6 Å². The fraction of sp³-hybridized carbons (Fsp3) is 0.452. The largest absolute Gasteiger partial charge is 0.473 e. The number of ether oxygens (including phenoxy) is 1. The molecule has 0 radical (unpaired) electrons. The van der Waals surface area contributed by atoms with Crippen molar-refractivity contribution in [2.75, 3.05) is 6.54 Å². The van der Waals surface area contributed by atoms with Crippen molar-refractivity contribution in [3.63, 3.8) is 0 Å². The van der Waals surface area contributed by atoms with Gasteiger partial charge in [-0.2, -0.15) is 4.98 Å². The first-order chi connectivity index (χ1) is 20.6. The third-order valence-corrected chi connectivity index (χ3v) is 8.15. The Morgan fingerprint density at radius 2 is 1.60 bits per heavy atom. The molecule has 2 saturated heterocycles. The summed E-state index contributed by atoms with van der Waals surface area (Å²) in [6.45, 7) is 5.53. The van der Waals surface area contributed by atoms with Crippen molar-refractivity contribution in [3.05, 3.63) is 86.7 Å². The molecule has 2 N–H and O–H groups in total. The van der Waals surface area contributed by atoms with E-state index in [9.17, 15) is 14.0 Å². The van der Waals surface area contributed by atoms with Crippen LogP contribution in [0.15, 0.2) is 58.1 Å². The average Bonchev–Trinajstić information content (AvgIpc) is 3.21. The zero-order valence-electron chi connectivity index (χ0n) is 24.3. The number of rotatable bonds is 9. The van der Waals surface area contributed by atoms with Crippen LogP contribution in [0.2, 0.25) is 0 Å². The van der Waals surface area contributed by atoms with E-state index in [0.29, 0.717) is 36.6 Å². The minimum atomic E-state index is -1.82. The molecule has 3 aromatic rings. The smallest absolute Gasteiger partial charge is 0.414 e. The minimum absolute atomic E-state index is 0.0951. The number of aromatic nitrogens is 3. The molecule has 0 aliphatic carbocycles. The van der Waals surface area contributed by atoms with Gasteiger partial charge < -0.3 is 14.9 Å². The number of fused-ring (bicyclic) bond motifs is 2. The fourth-order valence-electron chi connectivity index (χ4n) is 6.11. The van der Waals surface area contributed by atoms with Crippen molar-refractivity contribution in [1.29, 1.82) is 0 Å². The Balaban J connectivity index is 0.000000641. The maximum atomic E-state index is 14.8. The Bertz CT molecular complexity index is 1530. The van der Waals surface area contributed by atoms with Crippen LogP contribution in [0.25, 0.3) is 11.1 Å². The lowest BCUT2D eigenvalue weighted by molar-refractivity contribution is -0.159.